The Morgan fingerprint density at radius 3 is 2.92 bits per heavy atom. The standard InChI is InChI=1S/C19H23N3OS/c1-13(2)17-12-24-19(22-17)8-7-18(23)20-10-9-14-11-21-16-6-4-3-5-15(14)16/h3-6,11-13,21H,7-10H2,1-2H3,(H,20,23). The third-order valence-corrected chi connectivity index (χ3v) is 5.05. The molecule has 0 fully saturated rings. The van der Waals surface area contributed by atoms with Gasteiger partial charge in [-0.25, -0.2) is 4.98 Å². The number of rotatable bonds is 7. The second-order valence-corrected chi connectivity index (χ2v) is 7.22. The molecule has 2 aromatic heterocycles. The third-order valence-electron chi connectivity index (χ3n) is 4.12. The van der Waals surface area contributed by atoms with Crippen LogP contribution in [0.5, 0.6) is 0 Å². The molecule has 3 rings (SSSR count). The van der Waals surface area contributed by atoms with Gasteiger partial charge in [-0.05, 0) is 24.0 Å². The molecule has 5 heteroatoms. The quantitative estimate of drug-likeness (QED) is 0.681. The maximum absolute atomic E-state index is 12.0. The lowest BCUT2D eigenvalue weighted by atomic mass is 10.1. The lowest BCUT2D eigenvalue weighted by molar-refractivity contribution is -0.121. The Morgan fingerprint density at radius 1 is 1.29 bits per heavy atom. The van der Waals surface area contributed by atoms with Crippen LogP contribution in [0.25, 0.3) is 10.9 Å². The predicted molar refractivity (Wildman–Crippen MR) is 99.5 cm³/mol. The van der Waals surface area contributed by atoms with Gasteiger partial charge < -0.3 is 10.3 Å². The first-order chi connectivity index (χ1) is 11.6. The number of aromatic amines is 1. The highest BCUT2D eigenvalue weighted by atomic mass is 32.1. The van der Waals surface area contributed by atoms with Crippen LogP contribution in [-0.2, 0) is 17.6 Å². The summed E-state index contributed by atoms with van der Waals surface area (Å²) in [6.07, 6.45) is 4.08. The number of fused-ring (bicyclic) bond motifs is 1. The summed E-state index contributed by atoms with van der Waals surface area (Å²) in [5.74, 6) is 0.538. The summed E-state index contributed by atoms with van der Waals surface area (Å²) >= 11 is 1.65. The van der Waals surface area contributed by atoms with Gasteiger partial charge in [-0.1, -0.05) is 32.0 Å². The van der Waals surface area contributed by atoms with E-state index in [0.29, 0.717) is 18.9 Å². The molecule has 0 saturated carbocycles. The molecular formula is C19H23N3OS. The number of hydrogen-bond donors (Lipinski definition) is 2. The SMILES string of the molecule is CC(C)c1csc(CCC(=O)NCCc2c[nH]c3ccccc23)n1. The molecule has 0 aliphatic carbocycles. The molecule has 1 amide bonds. The van der Waals surface area contributed by atoms with Crippen molar-refractivity contribution in [3.63, 3.8) is 0 Å². The molecule has 0 atom stereocenters. The summed E-state index contributed by atoms with van der Waals surface area (Å²) in [5.41, 5.74) is 3.51. The van der Waals surface area contributed by atoms with Crippen molar-refractivity contribution >= 4 is 28.1 Å². The molecular weight excluding hydrogens is 318 g/mol. The number of carbonyl (C=O) groups excluding carboxylic acids is 1. The molecule has 24 heavy (non-hydrogen) atoms. The number of thiazole rings is 1. The molecule has 0 aliphatic heterocycles. The van der Waals surface area contributed by atoms with Crippen LogP contribution in [0.3, 0.4) is 0 Å². The maximum atomic E-state index is 12.0. The summed E-state index contributed by atoms with van der Waals surface area (Å²) in [5, 5.41) is 7.38. The molecule has 0 radical (unpaired) electrons. The minimum Gasteiger partial charge on any atom is -0.361 e. The molecule has 2 heterocycles. The maximum Gasteiger partial charge on any atom is 0.220 e. The van der Waals surface area contributed by atoms with Crippen molar-refractivity contribution in [1.82, 2.24) is 15.3 Å². The largest absolute Gasteiger partial charge is 0.361 e. The fourth-order valence-electron chi connectivity index (χ4n) is 2.69. The Morgan fingerprint density at radius 2 is 2.12 bits per heavy atom. The Balaban J connectivity index is 1.44. The highest BCUT2D eigenvalue weighted by molar-refractivity contribution is 7.09. The molecule has 0 unspecified atom stereocenters. The fourth-order valence-corrected chi connectivity index (χ4v) is 3.65. The number of amides is 1. The van der Waals surface area contributed by atoms with Gasteiger partial charge in [0.15, 0.2) is 0 Å². The van der Waals surface area contributed by atoms with Gasteiger partial charge in [0.1, 0.15) is 0 Å². The van der Waals surface area contributed by atoms with Crippen LogP contribution in [0.4, 0.5) is 0 Å². The van der Waals surface area contributed by atoms with Crippen molar-refractivity contribution in [3.8, 4) is 0 Å². The second kappa shape index (κ2) is 7.62. The van der Waals surface area contributed by atoms with Crippen molar-refractivity contribution in [2.75, 3.05) is 6.54 Å². The van der Waals surface area contributed by atoms with E-state index < -0.39 is 0 Å². The minimum absolute atomic E-state index is 0.0936. The third kappa shape index (κ3) is 4.03. The molecule has 0 bridgehead atoms. The van der Waals surface area contributed by atoms with Crippen molar-refractivity contribution in [2.24, 2.45) is 0 Å². The van der Waals surface area contributed by atoms with Crippen LogP contribution in [0.1, 0.15) is 42.5 Å². The number of nitrogens with zero attached hydrogens (tertiary/aromatic N) is 1. The van der Waals surface area contributed by atoms with Crippen LogP contribution in [0, 0.1) is 0 Å². The topological polar surface area (TPSA) is 57.8 Å². The number of carbonyl (C=O) groups is 1. The monoisotopic (exact) mass is 341 g/mol. The number of para-hydroxylation sites is 1. The number of aryl methyl sites for hydroxylation is 1. The first kappa shape index (κ1) is 16.7. The van der Waals surface area contributed by atoms with Crippen LogP contribution >= 0.6 is 11.3 Å². The van der Waals surface area contributed by atoms with E-state index in [1.54, 1.807) is 11.3 Å². The highest BCUT2D eigenvalue weighted by Gasteiger charge is 2.08. The molecule has 4 nitrogen and oxygen atoms in total. The predicted octanol–water partition coefficient (Wildman–Crippen LogP) is 4.04. The average Bonchev–Trinajstić information content (AvgIpc) is 3.20. The van der Waals surface area contributed by atoms with E-state index >= 15 is 0 Å². The van der Waals surface area contributed by atoms with Crippen LogP contribution in [0.2, 0.25) is 0 Å². The zero-order chi connectivity index (χ0) is 16.9. The average molecular weight is 341 g/mol. The van der Waals surface area contributed by atoms with Gasteiger partial charge in [-0.2, -0.15) is 0 Å². The van der Waals surface area contributed by atoms with Gasteiger partial charge in [0.05, 0.1) is 10.7 Å². The van der Waals surface area contributed by atoms with E-state index in [2.05, 4.69) is 46.6 Å². The number of hydrogen-bond acceptors (Lipinski definition) is 3. The molecule has 2 N–H and O–H groups in total. The van der Waals surface area contributed by atoms with Gasteiger partial charge in [-0.15, -0.1) is 11.3 Å². The summed E-state index contributed by atoms with van der Waals surface area (Å²) < 4.78 is 0. The number of aromatic nitrogens is 2. The van der Waals surface area contributed by atoms with Crippen molar-refractivity contribution in [1.29, 1.82) is 0 Å². The Bertz CT molecular complexity index is 819. The van der Waals surface area contributed by atoms with Crippen molar-refractivity contribution in [3.05, 3.63) is 52.1 Å². The number of nitrogens with one attached hydrogen (secondary N) is 2. The van der Waals surface area contributed by atoms with E-state index in [9.17, 15) is 4.79 Å². The molecule has 126 valence electrons. The second-order valence-electron chi connectivity index (χ2n) is 6.28. The molecule has 1 aromatic carbocycles. The minimum atomic E-state index is 0.0936. The summed E-state index contributed by atoms with van der Waals surface area (Å²) in [6.45, 7) is 4.93. The van der Waals surface area contributed by atoms with Gasteiger partial charge in [-0.3, -0.25) is 4.79 Å². The van der Waals surface area contributed by atoms with E-state index in [4.69, 9.17) is 0 Å². The summed E-state index contributed by atoms with van der Waals surface area (Å²) in [7, 11) is 0. The van der Waals surface area contributed by atoms with Gasteiger partial charge >= 0.3 is 0 Å². The van der Waals surface area contributed by atoms with Gasteiger partial charge in [0.25, 0.3) is 0 Å². The lowest BCUT2D eigenvalue weighted by Gasteiger charge is -2.04. The number of H-pyrrole nitrogens is 1. The first-order valence-electron chi connectivity index (χ1n) is 8.39. The van der Waals surface area contributed by atoms with Crippen LogP contribution < -0.4 is 5.32 Å². The van der Waals surface area contributed by atoms with E-state index in [0.717, 1.165) is 29.1 Å². The Hall–Kier alpha value is -2.14. The normalized spacial score (nSPS) is 11.3. The van der Waals surface area contributed by atoms with Gasteiger partial charge in [0.2, 0.25) is 5.91 Å². The Kier molecular flexibility index (Phi) is 5.30. The lowest BCUT2D eigenvalue weighted by Crippen LogP contribution is -2.25. The van der Waals surface area contributed by atoms with Crippen LogP contribution in [0.15, 0.2) is 35.8 Å². The zero-order valence-corrected chi connectivity index (χ0v) is 15.0. The summed E-state index contributed by atoms with van der Waals surface area (Å²) in [4.78, 5) is 19.8. The van der Waals surface area contributed by atoms with E-state index in [-0.39, 0.29) is 5.91 Å². The van der Waals surface area contributed by atoms with Gasteiger partial charge in [0, 0.05) is 41.9 Å². The molecule has 0 spiro atoms. The van der Waals surface area contributed by atoms with E-state index in [1.807, 2.05) is 18.3 Å². The van der Waals surface area contributed by atoms with E-state index in [1.165, 1.54) is 10.9 Å². The van der Waals surface area contributed by atoms with Crippen molar-refractivity contribution < 1.29 is 4.79 Å². The van der Waals surface area contributed by atoms with Crippen LogP contribution in [-0.4, -0.2) is 22.4 Å². The number of benzene rings is 1. The highest BCUT2D eigenvalue weighted by Crippen LogP contribution is 2.19. The summed E-state index contributed by atoms with van der Waals surface area (Å²) in [6, 6.07) is 8.24. The Labute approximate surface area is 146 Å². The molecule has 0 aliphatic rings. The smallest absolute Gasteiger partial charge is 0.220 e. The molecule has 0 saturated heterocycles. The molecule has 3 aromatic rings. The fraction of sp³-hybridized carbons (Fsp3) is 0.368. The first-order valence-corrected chi connectivity index (χ1v) is 9.27. The van der Waals surface area contributed by atoms with Crippen molar-refractivity contribution in [2.45, 2.75) is 39.0 Å². The zero-order valence-electron chi connectivity index (χ0n) is 14.1.